The first-order chi connectivity index (χ1) is 18.1. The Labute approximate surface area is 217 Å². The predicted octanol–water partition coefficient (Wildman–Crippen LogP) is 7.10. The molecule has 7 nitrogen and oxygen atoms in total. The number of aromatic nitrogens is 3. The molecule has 0 atom stereocenters. The maximum atomic E-state index is 9.13. The molecule has 0 aliphatic carbocycles. The van der Waals surface area contributed by atoms with Crippen molar-refractivity contribution in [3.8, 4) is 17.3 Å². The molecular weight excluding hydrogens is 480 g/mol. The molecule has 0 saturated carbocycles. The number of hydrogen-bond donors (Lipinski definition) is 2. The average Bonchev–Trinajstić information content (AvgIpc) is 3.36. The van der Waals surface area contributed by atoms with Crippen LogP contribution >= 0.6 is 11.8 Å². The molecule has 3 heterocycles. The lowest BCUT2D eigenvalue weighted by Gasteiger charge is -2.12. The van der Waals surface area contributed by atoms with Gasteiger partial charge in [-0.2, -0.15) is 5.26 Å². The molecule has 3 aromatic carbocycles. The first-order valence-corrected chi connectivity index (χ1v) is 12.4. The predicted molar refractivity (Wildman–Crippen MR) is 147 cm³/mol. The number of hydrogen-bond acceptors (Lipinski definition) is 8. The van der Waals surface area contributed by atoms with Gasteiger partial charge in [-0.05, 0) is 48.9 Å². The van der Waals surface area contributed by atoms with Crippen molar-refractivity contribution in [1.82, 2.24) is 15.2 Å². The van der Waals surface area contributed by atoms with E-state index >= 15 is 0 Å². The molecule has 0 aliphatic rings. The molecule has 0 bridgehead atoms. The normalized spacial score (nSPS) is 11.0. The Bertz CT molecular complexity index is 1820. The Morgan fingerprint density at radius 3 is 2.54 bits per heavy atom. The van der Waals surface area contributed by atoms with Crippen molar-refractivity contribution in [3.63, 3.8) is 0 Å². The van der Waals surface area contributed by atoms with E-state index in [-0.39, 0.29) is 5.76 Å². The highest BCUT2D eigenvalue weighted by Gasteiger charge is 2.13. The van der Waals surface area contributed by atoms with Crippen molar-refractivity contribution < 1.29 is 4.42 Å². The summed E-state index contributed by atoms with van der Waals surface area (Å²) in [7, 11) is 0. The summed E-state index contributed by atoms with van der Waals surface area (Å²) in [5.74, 6) is 0.926. The van der Waals surface area contributed by atoms with Crippen LogP contribution in [0.3, 0.4) is 0 Å². The van der Waals surface area contributed by atoms with Crippen molar-refractivity contribution >= 4 is 50.8 Å². The van der Waals surface area contributed by atoms with Gasteiger partial charge in [0.1, 0.15) is 17.3 Å². The second-order valence-corrected chi connectivity index (χ2v) is 9.63. The van der Waals surface area contributed by atoms with E-state index in [0.717, 1.165) is 48.8 Å². The van der Waals surface area contributed by atoms with Crippen LogP contribution in [0.25, 0.3) is 33.1 Å². The number of nitriles is 1. The molecule has 6 aromatic rings. The molecule has 3 aromatic heterocycles. The topological polar surface area (TPSA) is 114 Å². The zero-order valence-electron chi connectivity index (χ0n) is 19.8. The number of nitrogens with two attached hydrogens (primary N) is 1. The van der Waals surface area contributed by atoms with Crippen LogP contribution in [0, 0.1) is 18.3 Å². The third kappa shape index (κ3) is 4.33. The monoisotopic (exact) mass is 500 g/mol. The molecule has 178 valence electrons. The number of pyridine rings is 1. The van der Waals surface area contributed by atoms with Crippen molar-refractivity contribution in [1.29, 1.82) is 5.26 Å². The van der Waals surface area contributed by atoms with E-state index in [4.69, 9.17) is 15.4 Å². The van der Waals surface area contributed by atoms with Gasteiger partial charge in [-0.25, -0.2) is 0 Å². The van der Waals surface area contributed by atoms with Gasteiger partial charge in [-0.3, -0.25) is 4.98 Å². The second kappa shape index (κ2) is 9.30. The summed E-state index contributed by atoms with van der Waals surface area (Å²) in [6.07, 6.45) is 1.72. The number of nitrogen functional groups attached to an aromatic ring is 1. The molecule has 0 radical (unpaired) electrons. The molecule has 3 N–H and O–H groups in total. The molecular formula is C29H20N6OS. The fourth-order valence-corrected chi connectivity index (χ4v) is 5.01. The van der Waals surface area contributed by atoms with Crippen LogP contribution in [0.15, 0.2) is 99.3 Å². The quantitative estimate of drug-likeness (QED) is 0.241. The van der Waals surface area contributed by atoms with E-state index in [2.05, 4.69) is 20.5 Å². The van der Waals surface area contributed by atoms with E-state index in [1.807, 2.05) is 85.8 Å². The highest BCUT2D eigenvalue weighted by molar-refractivity contribution is 7.99. The van der Waals surface area contributed by atoms with Crippen LogP contribution in [0.1, 0.15) is 11.3 Å². The van der Waals surface area contributed by atoms with Crippen molar-refractivity contribution in [3.05, 3.63) is 96.4 Å². The van der Waals surface area contributed by atoms with Crippen molar-refractivity contribution in [2.24, 2.45) is 0 Å². The Kier molecular flexibility index (Phi) is 5.68. The number of anilines is 3. The lowest BCUT2D eigenvalue weighted by molar-refractivity contribution is 0.592. The molecule has 0 amide bonds. The van der Waals surface area contributed by atoms with Crippen LogP contribution in [-0.2, 0) is 0 Å². The maximum Gasteiger partial charge on any atom is 0.206 e. The minimum Gasteiger partial charge on any atom is -0.443 e. The standard InChI is InChI=1S/C29H20N6OS/c1-17-6-7-18(14-24(17)31)27-22-4-2-3-5-23(22)29(35-34-27)33-19-8-10-21(11-9-19)37-26-12-13-32-25-15-20(16-30)36-28(25)26/h2-15H,31H2,1H3,(H,33,35). The van der Waals surface area contributed by atoms with Gasteiger partial charge in [0.15, 0.2) is 11.4 Å². The lowest BCUT2D eigenvalue weighted by atomic mass is 10.0. The summed E-state index contributed by atoms with van der Waals surface area (Å²) < 4.78 is 5.64. The van der Waals surface area contributed by atoms with Crippen LogP contribution in [0.4, 0.5) is 17.2 Å². The zero-order chi connectivity index (χ0) is 25.4. The van der Waals surface area contributed by atoms with Crippen LogP contribution in [-0.4, -0.2) is 15.2 Å². The number of rotatable bonds is 5. The fraction of sp³-hybridized carbons (Fsp3) is 0.0345. The van der Waals surface area contributed by atoms with Gasteiger partial charge in [0.2, 0.25) is 5.76 Å². The van der Waals surface area contributed by atoms with Gasteiger partial charge >= 0.3 is 0 Å². The fourth-order valence-electron chi connectivity index (χ4n) is 4.12. The lowest BCUT2D eigenvalue weighted by Crippen LogP contribution is -1.99. The number of nitrogens with one attached hydrogen (secondary N) is 1. The summed E-state index contributed by atoms with van der Waals surface area (Å²) >= 11 is 1.55. The zero-order valence-corrected chi connectivity index (χ0v) is 20.6. The molecule has 0 unspecified atom stereocenters. The molecule has 6 rings (SSSR count). The first kappa shape index (κ1) is 22.6. The molecule has 37 heavy (non-hydrogen) atoms. The number of aryl methyl sites for hydroxylation is 1. The Morgan fingerprint density at radius 1 is 0.946 bits per heavy atom. The summed E-state index contributed by atoms with van der Waals surface area (Å²) in [5, 5.41) is 23.6. The summed E-state index contributed by atoms with van der Waals surface area (Å²) in [5.41, 5.74) is 11.8. The Morgan fingerprint density at radius 2 is 1.76 bits per heavy atom. The Balaban J connectivity index is 1.28. The smallest absolute Gasteiger partial charge is 0.206 e. The Hall–Kier alpha value is -4.87. The average molecular weight is 501 g/mol. The summed E-state index contributed by atoms with van der Waals surface area (Å²) in [6, 6.07) is 27.6. The minimum atomic E-state index is 0.250. The van der Waals surface area contributed by atoms with E-state index in [9.17, 15) is 0 Å². The van der Waals surface area contributed by atoms with Gasteiger partial charge < -0.3 is 15.5 Å². The third-order valence-electron chi connectivity index (χ3n) is 6.07. The van der Waals surface area contributed by atoms with Gasteiger partial charge in [0, 0.05) is 44.9 Å². The molecule has 0 spiro atoms. The highest BCUT2D eigenvalue weighted by atomic mass is 32.2. The molecule has 0 fully saturated rings. The number of furan rings is 1. The van der Waals surface area contributed by atoms with Crippen molar-refractivity contribution in [2.75, 3.05) is 11.1 Å². The molecule has 8 heteroatoms. The summed E-state index contributed by atoms with van der Waals surface area (Å²) in [4.78, 5) is 6.21. The van der Waals surface area contributed by atoms with Gasteiger partial charge in [-0.1, -0.05) is 48.2 Å². The summed E-state index contributed by atoms with van der Waals surface area (Å²) in [6.45, 7) is 1.98. The van der Waals surface area contributed by atoms with Crippen LogP contribution < -0.4 is 11.1 Å². The van der Waals surface area contributed by atoms with E-state index in [0.29, 0.717) is 16.9 Å². The largest absolute Gasteiger partial charge is 0.443 e. The molecule has 0 aliphatic heterocycles. The van der Waals surface area contributed by atoms with Crippen LogP contribution in [0.5, 0.6) is 0 Å². The van der Waals surface area contributed by atoms with E-state index in [1.165, 1.54) is 0 Å². The minimum absolute atomic E-state index is 0.250. The number of fused-ring (bicyclic) bond motifs is 2. The first-order valence-electron chi connectivity index (χ1n) is 11.5. The third-order valence-corrected chi connectivity index (χ3v) is 7.12. The number of nitrogens with zero attached hydrogens (tertiary/aromatic N) is 4. The van der Waals surface area contributed by atoms with E-state index < -0.39 is 0 Å². The van der Waals surface area contributed by atoms with Gasteiger partial charge in [0.05, 0.1) is 4.90 Å². The van der Waals surface area contributed by atoms with Crippen molar-refractivity contribution in [2.45, 2.75) is 16.7 Å². The maximum absolute atomic E-state index is 9.13. The SMILES string of the molecule is Cc1ccc(-c2nnc(Nc3ccc(Sc4ccnc5cc(C#N)oc45)cc3)c3ccccc23)cc1N. The van der Waals surface area contributed by atoms with E-state index in [1.54, 1.807) is 24.0 Å². The van der Waals surface area contributed by atoms with Gasteiger partial charge in [0.25, 0.3) is 0 Å². The molecule has 0 saturated heterocycles. The van der Waals surface area contributed by atoms with Gasteiger partial charge in [-0.15, -0.1) is 10.2 Å². The van der Waals surface area contributed by atoms with Crippen LogP contribution in [0.2, 0.25) is 0 Å². The number of benzene rings is 3. The second-order valence-electron chi connectivity index (χ2n) is 8.51. The highest BCUT2D eigenvalue weighted by Crippen LogP contribution is 2.36.